The van der Waals surface area contributed by atoms with E-state index in [1.54, 1.807) is 7.11 Å². The molecule has 0 radical (unpaired) electrons. The Hall–Kier alpha value is -0.0800. The molecule has 0 bridgehead atoms. The summed E-state index contributed by atoms with van der Waals surface area (Å²) in [6.07, 6.45) is 7.70. The maximum Gasteiger partial charge on any atom is 0.0505 e. The second-order valence-electron chi connectivity index (χ2n) is 5.32. The van der Waals surface area contributed by atoms with Crippen LogP contribution in [0.4, 0.5) is 0 Å². The van der Waals surface area contributed by atoms with Crippen molar-refractivity contribution in [2.24, 2.45) is 17.6 Å². The first-order valence-electron chi connectivity index (χ1n) is 6.40. The first-order chi connectivity index (χ1) is 7.12. The molecule has 90 valence electrons. The minimum Gasteiger partial charge on any atom is -0.384 e. The second kappa shape index (κ2) is 5.86. The van der Waals surface area contributed by atoms with Crippen LogP contribution >= 0.6 is 0 Å². The van der Waals surface area contributed by atoms with E-state index in [2.05, 4.69) is 13.8 Å². The summed E-state index contributed by atoms with van der Waals surface area (Å²) in [7, 11) is 1.77. The average Bonchev–Trinajstić information content (AvgIpc) is 2.22. The smallest absolute Gasteiger partial charge is 0.0505 e. The molecular weight excluding hydrogens is 186 g/mol. The molecule has 2 heteroatoms. The topological polar surface area (TPSA) is 35.2 Å². The van der Waals surface area contributed by atoms with Crippen LogP contribution in [0.2, 0.25) is 0 Å². The highest BCUT2D eigenvalue weighted by Gasteiger charge is 2.35. The SMILES string of the molecule is CCCC1CCC(N)(C(C)COC)CC1. The third kappa shape index (κ3) is 3.46. The van der Waals surface area contributed by atoms with Gasteiger partial charge in [0.2, 0.25) is 0 Å². The molecule has 1 unspecified atom stereocenters. The van der Waals surface area contributed by atoms with Crippen LogP contribution < -0.4 is 5.73 Å². The maximum absolute atomic E-state index is 6.47. The molecule has 0 heterocycles. The van der Waals surface area contributed by atoms with Crippen molar-refractivity contribution in [3.05, 3.63) is 0 Å². The predicted molar refractivity (Wildman–Crippen MR) is 64.8 cm³/mol. The van der Waals surface area contributed by atoms with Gasteiger partial charge in [-0.1, -0.05) is 26.7 Å². The van der Waals surface area contributed by atoms with Crippen LogP contribution in [0.25, 0.3) is 0 Å². The third-order valence-corrected chi connectivity index (χ3v) is 4.13. The zero-order chi connectivity index (χ0) is 11.3. The first kappa shape index (κ1) is 13.0. The quantitative estimate of drug-likeness (QED) is 0.762. The van der Waals surface area contributed by atoms with Gasteiger partial charge in [-0.25, -0.2) is 0 Å². The van der Waals surface area contributed by atoms with E-state index in [1.807, 2.05) is 0 Å². The molecule has 2 N–H and O–H groups in total. The van der Waals surface area contributed by atoms with Crippen molar-refractivity contribution >= 4 is 0 Å². The summed E-state index contributed by atoms with van der Waals surface area (Å²) in [6, 6.07) is 0. The Morgan fingerprint density at radius 3 is 2.47 bits per heavy atom. The van der Waals surface area contributed by atoms with Crippen molar-refractivity contribution in [2.45, 2.75) is 57.9 Å². The normalized spacial score (nSPS) is 34.0. The van der Waals surface area contributed by atoms with Gasteiger partial charge in [-0.15, -0.1) is 0 Å². The van der Waals surface area contributed by atoms with Gasteiger partial charge in [-0.3, -0.25) is 0 Å². The minimum atomic E-state index is 0.0419. The molecule has 0 aromatic heterocycles. The van der Waals surface area contributed by atoms with E-state index in [9.17, 15) is 0 Å². The van der Waals surface area contributed by atoms with Gasteiger partial charge in [0.15, 0.2) is 0 Å². The van der Waals surface area contributed by atoms with Crippen LogP contribution in [0, 0.1) is 11.8 Å². The predicted octanol–water partition coefficient (Wildman–Crippen LogP) is 2.96. The number of nitrogens with two attached hydrogens (primary N) is 1. The Kier molecular flexibility index (Phi) is 5.07. The fourth-order valence-corrected chi connectivity index (χ4v) is 2.82. The van der Waals surface area contributed by atoms with Gasteiger partial charge in [0.1, 0.15) is 0 Å². The van der Waals surface area contributed by atoms with Crippen molar-refractivity contribution < 1.29 is 4.74 Å². The van der Waals surface area contributed by atoms with E-state index in [0.717, 1.165) is 12.5 Å². The summed E-state index contributed by atoms with van der Waals surface area (Å²) < 4.78 is 5.22. The van der Waals surface area contributed by atoms with Gasteiger partial charge < -0.3 is 10.5 Å². The molecule has 15 heavy (non-hydrogen) atoms. The fourth-order valence-electron chi connectivity index (χ4n) is 2.82. The van der Waals surface area contributed by atoms with Crippen molar-refractivity contribution in [1.29, 1.82) is 0 Å². The van der Waals surface area contributed by atoms with Crippen LogP contribution in [0.15, 0.2) is 0 Å². The highest BCUT2D eigenvalue weighted by Crippen LogP contribution is 2.37. The van der Waals surface area contributed by atoms with Gasteiger partial charge in [0.25, 0.3) is 0 Å². The highest BCUT2D eigenvalue weighted by molar-refractivity contribution is 4.93. The van der Waals surface area contributed by atoms with E-state index < -0.39 is 0 Å². The molecule has 1 atom stereocenters. The summed E-state index contributed by atoms with van der Waals surface area (Å²) in [5.41, 5.74) is 6.51. The number of hydrogen-bond acceptors (Lipinski definition) is 2. The molecule has 0 spiro atoms. The number of methoxy groups -OCH3 is 1. The summed E-state index contributed by atoms with van der Waals surface area (Å²) >= 11 is 0. The van der Waals surface area contributed by atoms with Crippen LogP contribution in [0.5, 0.6) is 0 Å². The Morgan fingerprint density at radius 2 is 2.00 bits per heavy atom. The Balaban J connectivity index is 2.39. The molecule has 1 saturated carbocycles. The number of rotatable bonds is 5. The van der Waals surface area contributed by atoms with Crippen LogP contribution in [-0.2, 0) is 4.74 Å². The lowest BCUT2D eigenvalue weighted by Gasteiger charge is -2.41. The van der Waals surface area contributed by atoms with E-state index in [-0.39, 0.29) is 5.54 Å². The molecule has 2 nitrogen and oxygen atoms in total. The van der Waals surface area contributed by atoms with Gasteiger partial charge >= 0.3 is 0 Å². The van der Waals surface area contributed by atoms with Gasteiger partial charge in [-0.05, 0) is 37.5 Å². The lowest BCUT2D eigenvalue weighted by atomic mass is 9.70. The minimum absolute atomic E-state index is 0.0419. The van der Waals surface area contributed by atoms with Crippen LogP contribution in [-0.4, -0.2) is 19.3 Å². The Bertz CT molecular complexity index is 173. The molecule has 0 aromatic rings. The number of ether oxygens (including phenoxy) is 1. The average molecular weight is 213 g/mol. The van der Waals surface area contributed by atoms with E-state index in [4.69, 9.17) is 10.5 Å². The van der Waals surface area contributed by atoms with Gasteiger partial charge in [-0.2, -0.15) is 0 Å². The lowest BCUT2D eigenvalue weighted by molar-refractivity contribution is 0.0836. The van der Waals surface area contributed by atoms with Crippen molar-refractivity contribution in [2.75, 3.05) is 13.7 Å². The molecule has 0 saturated heterocycles. The third-order valence-electron chi connectivity index (χ3n) is 4.13. The van der Waals surface area contributed by atoms with Gasteiger partial charge in [0.05, 0.1) is 6.61 Å². The van der Waals surface area contributed by atoms with Crippen molar-refractivity contribution in [3.8, 4) is 0 Å². The van der Waals surface area contributed by atoms with Crippen LogP contribution in [0.3, 0.4) is 0 Å². The summed E-state index contributed by atoms with van der Waals surface area (Å²) in [5.74, 6) is 1.42. The van der Waals surface area contributed by atoms with Crippen LogP contribution in [0.1, 0.15) is 52.4 Å². The fraction of sp³-hybridized carbons (Fsp3) is 1.00. The molecular formula is C13H27NO. The molecule has 1 aliphatic rings. The first-order valence-corrected chi connectivity index (χ1v) is 6.40. The van der Waals surface area contributed by atoms with Crippen molar-refractivity contribution in [1.82, 2.24) is 0 Å². The number of hydrogen-bond donors (Lipinski definition) is 1. The molecule has 0 aromatic carbocycles. The zero-order valence-corrected chi connectivity index (χ0v) is 10.6. The summed E-state index contributed by atoms with van der Waals surface area (Å²) in [6.45, 7) is 5.30. The monoisotopic (exact) mass is 213 g/mol. The summed E-state index contributed by atoms with van der Waals surface area (Å²) in [4.78, 5) is 0. The molecule has 0 amide bonds. The Labute approximate surface area is 94.6 Å². The second-order valence-corrected chi connectivity index (χ2v) is 5.32. The Morgan fingerprint density at radius 1 is 1.40 bits per heavy atom. The summed E-state index contributed by atoms with van der Waals surface area (Å²) in [5, 5.41) is 0. The lowest BCUT2D eigenvalue weighted by Crippen LogP contribution is -2.50. The zero-order valence-electron chi connectivity index (χ0n) is 10.6. The molecule has 1 aliphatic carbocycles. The van der Waals surface area contributed by atoms with Crippen molar-refractivity contribution in [3.63, 3.8) is 0 Å². The molecule has 0 aliphatic heterocycles. The molecule has 1 fully saturated rings. The molecule has 1 rings (SSSR count). The standard InChI is InChI=1S/C13H27NO/c1-4-5-12-6-8-13(14,9-7-12)11(2)10-15-3/h11-12H,4-10,14H2,1-3H3. The van der Waals surface area contributed by atoms with E-state index in [0.29, 0.717) is 5.92 Å². The highest BCUT2D eigenvalue weighted by atomic mass is 16.5. The largest absolute Gasteiger partial charge is 0.384 e. The van der Waals surface area contributed by atoms with Gasteiger partial charge in [0, 0.05) is 12.6 Å². The maximum atomic E-state index is 6.47. The van der Waals surface area contributed by atoms with E-state index in [1.165, 1.54) is 38.5 Å². The van der Waals surface area contributed by atoms with E-state index >= 15 is 0 Å².